The van der Waals surface area contributed by atoms with Crippen LogP contribution in [-0.4, -0.2) is 21.0 Å². The van der Waals surface area contributed by atoms with Crippen molar-refractivity contribution < 1.29 is 0 Å². The largest absolute Gasteiger partial charge is 0.326 e. The molecular formula is C34H39Cl2N3. The Bertz CT molecular complexity index is 1330. The van der Waals surface area contributed by atoms with E-state index in [0.717, 1.165) is 61.7 Å². The first-order valence-corrected chi connectivity index (χ1v) is 15.2. The zero-order valence-electron chi connectivity index (χ0n) is 23.0. The molecule has 1 heterocycles. The summed E-state index contributed by atoms with van der Waals surface area (Å²) in [7, 11) is 0. The van der Waals surface area contributed by atoms with E-state index < -0.39 is 0 Å². The molecule has 1 fully saturated rings. The number of rotatable bonds is 11. The van der Waals surface area contributed by atoms with Crippen LogP contribution in [0.5, 0.6) is 0 Å². The van der Waals surface area contributed by atoms with Crippen LogP contribution >= 0.6 is 23.2 Å². The van der Waals surface area contributed by atoms with Crippen LogP contribution in [0.15, 0.2) is 78.9 Å². The first kappa shape index (κ1) is 28.0. The molecular weight excluding hydrogens is 521 g/mol. The highest BCUT2D eigenvalue weighted by Gasteiger charge is 2.24. The van der Waals surface area contributed by atoms with Gasteiger partial charge in [0.1, 0.15) is 5.82 Å². The average Bonchev–Trinajstić information content (AvgIpc) is 3.33. The first-order chi connectivity index (χ1) is 19.1. The molecule has 5 rings (SSSR count). The Labute approximate surface area is 243 Å². The van der Waals surface area contributed by atoms with Gasteiger partial charge in [0.2, 0.25) is 0 Å². The predicted octanol–water partition coefficient (Wildman–Crippen LogP) is 9.91. The van der Waals surface area contributed by atoms with Gasteiger partial charge in [-0.1, -0.05) is 129 Å². The van der Waals surface area contributed by atoms with Gasteiger partial charge in [0, 0.05) is 37.3 Å². The van der Waals surface area contributed by atoms with E-state index in [2.05, 4.69) is 83.1 Å². The van der Waals surface area contributed by atoms with E-state index in [1.165, 1.54) is 43.4 Å². The first-order valence-electron chi connectivity index (χ1n) is 14.5. The fraction of sp³-hybridized carbons (Fsp3) is 0.382. The minimum absolute atomic E-state index is 0.621. The van der Waals surface area contributed by atoms with Gasteiger partial charge in [-0.05, 0) is 36.8 Å². The molecule has 1 saturated carbocycles. The van der Waals surface area contributed by atoms with Gasteiger partial charge >= 0.3 is 0 Å². The molecule has 204 valence electrons. The lowest BCUT2D eigenvalue weighted by Gasteiger charge is -2.31. The second-order valence-electron chi connectivity index (χ2n) is 10.9. The fourth-order valence-corrected chi connectivity index (χ4v) is 6.26. The fourth-order valence-electron chi connectivity index (χ4n) is 5.88. The maximum atomic E-state index is 6.72. The van der Waals surface area contributed by atoms with Crippen LogP contribution in [0.25, 0.3) is 22.6 Å². The van der Waals surface area contributed by atoms with Crippen molar-refractivity contribution in [2.24, 2.45) is 5.92 Å². The predicted molar refractivity (Wildman–Crippen MR) is 165 cm³/mol. The highest BCUT2D eigenvalue weighted by atomic mass is 35.5. The van der Waals surface area contributed by atoms with Crippen molar-refractivity contribution in [2.75, 3.05) is 6.54 Å². The number of nitrogens with zero attached hydrogens (tertiary/aromatic N) is 3. The molecule has 1 aromatic heterocycles. The Kier molecular flexibility index (Phi) is 9.79. The van der Waals surface area contributed by atoms with Crippen molar-refractivity contribution in [3.05, 3.63) is 100 Å². The van der Waals surface area contributed by atoms with Gasteiger partial charge < -0.3 is 4.57 Å². The summed E-state index contributed by atoms with van der Waals surface area (Å²) >= 11 is 13.2. The maximum absolute atomic E-state index is 6.72. The smallest absolute Gasteiger partial charge is 0.140 e. The Hall–Kier alpha value is -2.59. The van der Waals surface area contributed by atoms with Crippen molar-refractivity contribution in [2.45, 2.75) is 71.5 Å². The molecule has 0 aliphatic heterocycles. The molecule has 3 nitrogen and oxygen atoms in total. The molecule has 3 aromatic carbocycles. The molecule has 0 amide bonds. The monoisotopic (exact) mass is 559 g/mol. The molecule has 0 radical (unpaired) electrons. The normalized spacial score (nSPS) is 14.3. The second-order valence-corrected chi connectivity index (χ2v) is 11.6. The van der Waals surface area contributed by atoms with Gasteiger partial charge in [0.25, 0.3) is 0 Å². The Balaban J connectivity index is 1.59. The lowest BCUT2D eigenvalue weighted by Crippen LogP contribution is -2.31. The number of hydrogen-bond donors (Lipinski definition) is 0. The van der Waals surface area contributed by atoms with Crippen molar-refractivity contribution in [3.8, 4) is 22.6 Å². The van der Waals surface area contributed by atoms with Crippen molar-refractivity contribution in [1.29, 1.82) is 0 Å². The van der Waals surface area contributed by atoms with E-state index in [4.69, 9.17) is 28.2 Å². The van der Waals surface area contributed by atoms with Crippen molar-refractivity contribution in [3.63, 3.8) is 0 Å². The molecule has 4 aromatic rings. The summed E-state index contributed by atoms with van der Waals surface area (Å²) in [5.41, 5.74) is 5.77. The average molecular weight is 561 g/mol. The van der Waals surface area contributed by atoms with E-state index >= 15 is 0 Å². The van der Waals surface area contributed by atoms with E-state index in [1.54, 1.807) is 0 Å². The highest BCUT2D eigenvalue weighted by molar-refractivity contribution is 6.42. The molecule has 1 aliphatic carbocycles. The summed E-state index contributed by atoms with van der Waals surface area (Å²) in [6, 6.07) is 27.3. The summed E-state index contributed by atoms with van der Waals surface area (Å²) in [5, 5.41) is 1.29. The number of unbranched alkanes of at least 4 members (excludes halogenated alkanes) is 1. The molecule has 1 aliphatic rings. The molecule has 39 heavy (non-hydrogen) atoms. The van der Waals surface area contributed by atoms with Crippen LogP contribution in [0.2, 0.25) is 10.0 Å². The third kappa shape index (κ3) is 6.95. The lowest BCUT2D eigenvalue weighted by atomic mass is 9.89. The molecule has 0 spiro atoms. The molecule has 0 N–H and O–H groups in total. The highest BCUT2D eigenvalue weighted by Crippen LogP contribution is 2.34. The summed E-state index contributed by atoms with van der Waals surface area (Å²) in [6.45, 7) is 5.84. The summed E-state index contributed by atoms with van der Waals surface area (Å²) in [5.74, 6) is 1.76. The van der Waals surface area contributed by atoms with Crippen LogP contribution < -0.4 is 0 Å². The van der Waals surface area contributed by atoms with Gasteiger partial charge in [0.15, 0.2) is 0 Å². The number of aromatic nitrogens is 2. The van der Waals surface area contributed by atoms with Gasteiger partial charge in [0.05, 0.1) is 21.4 Å². The van der Waals surface area contributed by atoms with E-state index in [1.807, 2.05) is 12.1 Å². The van der Waals surface area contributed by atoms with E-state index in [-0.39, 0.29) is 0 Å². The van der Waals surface area contributed by atoms with E-state index in [0.29, 0.717) is 16.0 Å². The maximum Gasteiger partial charge on any atom is 0.140 e. The van der Waals surface area contributed by atoms with Gasteiger partial charge in [-0.2, -0.15) is 0 Å². The quantitative estimate of drug-likeness (QED) is 0.182. The van der Waals surface area contributed by atoms with Gasteiger partial charge in [-0.25, -0.2) is 4.98 Å². The molecule has 0 bridgehead atoms. The standard InChI is InChI=1S/C34H39Cl2N3/c1-2-3-22-39-31(33(27-16-9-5-10-17-27)37-34(39)28-18-11-6-12-19-28)25-38(23-26-14-7-4-8-15-26)24-29-20-13-21-30(35)32(29)36/h5-6,9-13,16-21,26H,2-4,7-8,14-15,22-25H2,1H3. The number of benzene rings is 3. The number of imidazole rings is 1. The molecule has 5 heteroatoms. The minimum Gasteiger partial charge on any atom is -0.326 e. The van der Waals surface area contributed by atoms with Crippen LogP contribution in [0.4, 0.5) is 0 Å². The lowest BCUT2D eigenvalue weighted by molar-refractivity contribution is 0.183. The summed E-state index contributed by atoms with van der Waals surface area (Å²) in [4.78, 5) is 7.92. The molecule has 0 atom stereocenters. The summed E-state index contributed by atoms with van der Waals surface area (Å²) < 4.78 is 2.48. The van der Waals surface area contributed by atoms with Gasteiger partial charge in [-0.15, -0.1) is 0 Å². The van der Waals surface area contributed by atoms with E-state index in [9.17, 15) is 0 Å². The number of halogens is 2. The Morgan fingerprint density at radius 1 is 0.821 bits per heavy atom. The molecule has 0 unspecified atom stereocenters. The minimum atomic E-state index is 0.621. The van der Waals surface area contributed by atoms with Crippen LogP contribution in [0.1, 0.15) is 63.1 Å². The second kappa shape index (κ2) is 13.7. The zero-order valence-corrected chi connectivity index (χ0v) is 24.5. The summed E-state index contributed by atoms with van der Waals surface area (Å²) in [6.07, 6.45) is 8.87. The van der Waals surface area contributed by atoms with Crippen LogP contribution in [0.3, 0.4) is 0 Å². The van der Waals surface area contributed by atoms with Crippen molar-refractivity contribution >= 4 is 23.2 Å². The SMILES string of the molecule is CCCCn1c(-c2ccccc2)nc(-c2ccccc2)c1CN(Cc1cccc(Cl)c1Cl)CC1CCCCC1. The van der Waals surface area contributed by atoms with Crippen molar-refractivity contribution in [1.82, 2.24) is 14.5 Å². The van der Waals surface area contributed by atoms with Gasteiger partial charge in [-0.3, -0.25) is 4.90 Å². The topological polar surface area (TPSA) is 21.1 Å². The third-order valence-corrected chi connectivity index (χ3v) is 8.79. The van der Waals surface area contributed by atoms with Crippen LogP contribution in [-0.2, 0) is 19.6 Å². The molecule has 0 saturated heterocycles. The number of hydrogen-bond acceptors (Lipinski definition) is 2. The third-order valence-electron chi connectivity index (χ3n) is 7.93. The Morgan fingerprint density at radius 2 is 1.51 bits per heavy atom. The van der Waals surface area contributed by atoms with Crippen LogP contribution in [0, 0.1) is 5.92 Å². The Morgan fingerprint density at radius 3 is 2.21 bits per heavy atom. The zero-order chi connectivity index (χ0) is 27.0.